The molecule has 0 aliphatic heterocycles. The standard InChI is InChI=1S/C12H16N4O/c1-8(2)11(12(14)17)16-7-9-3-4-15-10(5-9)6-13/h3-5,8,11,16H,7H2,1-2H3,(H2,14,17). The highest BCUT2D eigenvalue weighted by Gasteiger charge is 2.18. The van der Waals surface area contributed by atoms with Crippen LogP contribution in [0.3, 0.4) is 0 Å². The second kappa shape index (κ2) is 5.97. The molecule has 0 saturated heterocycles. The summed E-state index contributed by atoms with van der Waals surface area (Å²) in [4.78, 5) is 15.1. The molecular weight excluding hydrogens is 216 g/mol. The molecule has 1 atom stereocenters. The van der Waals surface area contributed by atoms with Crippen molar-refractivity contribution in [2.45, 2.75) is 26.4 Å². The summed E-state index contributed by atoms with van der Waals surface area (Å²) in [7, 11) is 0. The van der Waals surface area contributed by atoms with Crippen LogP contribution in [0.4, 0.5) is 0 Å². The Bertz CT molecular complexity index is 436. The fourth-order valence-electron chi connectivity index (χ4n) is 1.54. The lowest BCUT2D eigenvalue weighted by atomic mass is 10.0. The second-order valence-electron chi connectivity index (χ2n) is 4.17. The van der Waals surface area contributed by atoms with Crippen LogP contribution in [0.15, 0.2) is 18.3 Å². The average molecular weight is 232 g/mol. The smallest absolute Gasteiger partial charge is 0.234 e. The monoisotopic (exact) mass is 232 g/mol. The van der Waals surface area contributed by atoms with Crippen molar-refractivity contribution < 1.29 is 4.79 Å². The fourth-order valence-corrected chi connectivity index (χ4v) is 1.54. The molecule has 1 heterocycles. The number of pyridine rings is 1. The Balaban J connectivity index is 2.66. The Labute approximate surface area is 101 Å². The van der Waals surface area contributed by atoms with Crippen molar-refractivity contribution in [2.75, 3.05) is 0 Å². The van der Waals surface area contributed by atoms with E-state index in [2.05, 4.69) is 10.3 Å². The minimum Gasteiger partial charge on any atom is -0.368 e. The van der Waals surface area contributed by atoms with E-state index in [1.54, 1.807) is 18.3 Å². The first-order chi connectivity index (χ1) is 8.04. The Kier molecular flexibility index (Phi) is 4.61. The van der Waals surface area contributed by atoms with Crippen molar-refractivity contribution in [1.29, 1.82) is 5.26 Å². The summed E-state index contributed by atoms with van der Waals surface area (Å²) in [6.07, 6.45) is 1.57. The number of rotatable bonds is 5. The van der Waals surface area contributed by atoms with Crippen LogP contribution in [0.2, 0.25) is 0 Å². The summed E-state index contributed by atoms with van der Waals surface area (Å²) >= 11 is 0. The SMILES string of the molecule is CC(C)C(NCc1ccnc(C#N)c1)C(N)=O. The number of nitrogens with zero attached hydrogens (tertiary/aromatic N) is 2. The first-order valence-electron chi connectivity index (χ1n) is 5.42. The first-order valence-corrected chi connectivity index (χ1v) is 5.42. The van der Waals surface area contributed by atoms with Gasteiger partial charge in [-0.2, -0.15) is 5.26 Å². The molecule has 1 aromatic rings. The maximum absolute atomic E-state index is 11.2. The molecular formula is C12H16N4O. The Morgan fingerprint density at radius 2 is 2.35 bits per heavy atom. The maximum Gasteiger partial charge on any atom is 0.234 e. The number of carbonyl (C=O) groups is 1. The van der Waals surface area contributed by atoms with Gasteiger partial charge in [0.1, 0.15) is 11.8 Å². The number of nitrogens with two attached hydrogens (primary N) is 1. The molecule has 0 bridgehead atoms. The van der Waals surface area contributed by atoms with Crippen molar-refractivity contribution in [3.8, 4) is 6.07 Å². The molecule has 0 fully saturated rings. The number of hydrogen-bond acceptors (Lipinski definition) is 4. The molecule has 1 amide bonds. The zero-order valence-corrected chi connectivity index (χ0v) is 9.97. The van der Waals surface area contributed by atoms with Gasteiger partial charge < -0.3 is 11.1 Å². The average Bonchev–Trinajstić information content (AvgIpc) is 2.28. The molecule has 3 N–H and O–H groups in total. The Morgan fingerprint density at radius 1 is 1.65 bits per heavy atom. The predicted octanol–water partition coefficient (Wildman–Crippen LogP) is 0.553. The topological polar surface area (TPSA) is 91.8 Å². The van der Waals surface area contributed by atoms with Gasteiger partial charge in [-0.1, -0.05) is 13.8 Å². The molecule has 5 heteroatoms. The van der Waals surface area contributed by atoms with Crippen LogP contribution in [-0.2, 0) is 11.3 Å². The molecule has 0 aromatic carbocycles. The fraction of sp³-hybridized carbons (Fsp3) is 0.417. The molecule has 0 saturated carbocycles. The summed E-state index contributed by atoms with van der Waals surface area (Å²) in [6.45, 7) is 4.34. The Morgan fingerprint density at radius 3 is 2.88 bits per heavy atom. The molecule has 5 nitrogen and oxygen atoms in total. The lowest BCUT2D eigenvalue weighted by Gasteiger charge is -2.18. The van der Waals surface area contributed by atoms with Crippen molar-refractivity contribution in [1.82, 2.24) is 10.3 Å². The van der Waals surface area contributed by atoms with Crippen LogP contribution < -0.4 is 11.1 Å². The van der Waals surface area contributed by atoms with Gasteiger partial charge in [-0.15, -0.1) is 0 Å². The Hall–Kier alpha value is -1.93. The highest BCUT2D eigenvalue weighted by atomic mass is 16.1. The van der Waals surface area contributed by atoms with Crippen molar-refractivity contribution in [2.24, 2.45) is 11.7 Å². The summed E-state index contributed by atoms with van der Waals surface area (Å²) in [5, 5.41) is 11.8. The number of amides is 1. The zero-order chi connectivity index (χ0) is 12.8. The van der Waals surface area contributed by atoms with E-state index in [1.807, 2.05) is 19.9 Å². The van der Waals surface area contributed by atoms with Crippen LogP contribution in [0.5, 0.6) is 0 Å². The molecule has 1 rings (SSSR count). The maximum atomic E-state index is 11.2. The van der Waals surface area contributed by atoms with Gasteiger partial charge in [0.05, 0.1) is 6.04 Å². The van der Waals surface area contributed by atoms with Gasteiger partial charge in [-0.25, -0.2) is 4.98 Å². The van der Waals surface area contributed by atoms with Gasteiger partial charge in [-0.05, 0) is 23.6 Å². The van der Waals surface area contributed by atoms with Crippen LogP contribution in [0.1, 0.15) is 25.1 Å². The van der Waals surface area contributed by atoms with Gasteiger partial charge in [0.15, 0.2) is 0 Å². The summed E-state index contributed by atoms with van der Waals surface area (Å²) in [5.41, 5.74) is 6.56. The highest BCUT2D eigenvalue weighted by molar-refractivity contribution is 5.80. The molecule has 90 valence electrons. The lowest BCUT2D eigenvalue weighted by Crippen LogP contribution is -2.44. The number of carbonyl (C=O) groups excluding carboxylic acids is 1. The summed E-state index contributed by atoms with van der Waals surface area (Å²) in [6, 6.07) is 5.09. The van der Waals surface area contributed by atoms with Gasteiger partial charge >= 0.3 is 0 Å². The van der Waals surface area contributed by atoms with Crippen molar-refractivity contribution in [3.63, 3.8) is 0 Å². The van der Waals surface area contributed by atoms with Crippen LogP contribution in [-0.4, -0.2) is 16.9 Å². The number of hydrogen-bond donors (Lipinski definition) is 2. The van der Waals surface area contributed by atoms with E-state index in [0.29, 0.717) is 12.2 Å². The lowest BCUT2D eigenvalue weighted by molar-refractivity contribution is -0.121. The van der Waals surface area contributed by atoms with E-state index >= 15 is 0 Å². The third-order valence-corrected chi connectivity index (χ3v) is 2.44. The molecule has 0 spiro atoms. The predicted molar refractivity (Wildman–Crippen MR) is 63.6 cm³/mol. The largest absolute Gasteiger partial charge is 0.368 e. The molecule has 0 radical (unpaired) electrons. The summed E-state index contributed by atoms with van der Waals surface area (Å²) < 4.78 is 0. The molecule has 17 heavy (non-hydrogen) atoms. The highest BCUT2D eigenvalue weighted by Crippen LogP contribution is 2.05. The van der Waals surface area contributed by atoms with E-state index < -0.39 is 0 Å². The van der Waals surface area contributed by atoms with E-state index in [-0.39, 0.29) is 17.9 Å². The van der Waals surface area contributed by atoms with Crippen molar-refractivity contribution in [3.05, 3.63) is 29.6 Å². The van der Waals surface area contributed by atoms with Crippen molar-refractivity contribution >= 4 is 5.91 Å². The second-order valence-corrected chi connectivity index (χ2v) is 4.17. The van der Waals surface area contributed by atoms with Crippen LogP contribution in [0.25, 0.3) is 0 Å². The van der Waals surface area contributed by atoms with Crippen LogP contribution >= 0.6 is 0 Å². The van der Waals surface area contributed by atoms with E-state index in [4.69, 9.17) is 11.0 Å². The number of nitrogens with one attached hydrogen (secondary N) is 1. The minimum atomic E-state index is -0.367. The van der Waals surface area contributed by atoms with Gasteiger partial charge in [-0.3, -0.25) is 4.79 Å². The normalized spacial score (nSPS) is 12.1. The van der Waals surface area contributed by atoms with E-state index in [1.165, 1.54) is 0 Å². The quantitative estimate of drug-likeness (QED) is 0.775. The molecule has 0 aliphatic carbocycles. The summed E-state index contributed by atoms with van der Waals surface area (Å²) in [5.74, 6) is -0.237. The molecule has 1 aromatic heterocycles. The van der Waals surface area contributed by atoms with E-state index in [0.717, 1.165) is 5.56 Å². The third-order valence-electron chi connectivity index (χ3n) is 2.44. The van der Waals surface area contributed by atoms with Gasteiger partial charge in [0.2, 0.25) is 5.91 Å². The van der Waals surface area contributed by atoms with E-state index in [9.17, 15) is 4.79 Å². The zero-order valence-electron chi connectivity index (χ0n) is 9.97. The van der Waals surface area contributed by atoms with Gasteiger partial charge in [0, 0.05) is 12.7 Å². The van der Waals surface area contributed by atoms with Gasteiger partial charge in [0.25, 0.3) is 0 Å². The third kappa shape index (κ3) is 3.85. The first kappa shape index (κ1) is 13.1. The molecule has 1 unspecified atom stereocenters. The minimum absolute atomic E-state index is 0.129. The number of aromatic nitrogens is 1. The number of primary amides is 1. The van der Waals surface area contributed by atoms with Crippen LogP contribution in [0, 0.1) is 17.2 Å². The number of nitriles is 1. The molecule has 0 aliphatic rings.